The van der Waals surface area contributed by atoms with Crippen molar-refractivity contribution in [2.24, 2.45) is 0 Å². The summed E-state index contributed by atoms with van der Waals surface area (Å²) in [4.78, 5) is 17.3. The van der Waals surface area contributed by atoms with Gasteiger partial charge in [-0.3, -0.25) is 9.78 Å². The van der Waals surface area contributed by atoms with Crippen LogP contribution < -0.4 is 4.74 Å². The highest BCUT2D eigenvalue weighted by molar-refractivity contribution is 5.91. The predicted octanol–water partition coefficient (Wildman–Crippen LogP) is 2.76. The van der Waals surface area contributed by atoms with E-state index in [4.69, 9.17) is 4.74 Å². The van der Waals surface area contributed by atoms with Crippen LogP contribution in [0.25, 0.3) is 6.08 Å². The average molecular weight is 282 g/mol. The Balaban J connectivity index is 2.08. The molecule has 1 heterocycles. The van der Waals surface area contributed by atoms with Crippen LogP contribution in [0.15, 0.2) is 54.7 Å². The van der Waals surface area contributed by atoms with Gasteiger partial charge in [-0.2, -0.15) is 0 Å². The summed E-state index contributed by atoms with van der Waals surface area (Å²) in [5.41, 5.74) is 1.73. The maximum Gasteiger partial charge on any atom is 0.246 e. The molecule has 0 saturated heterocycles. The van der Waals surface area contributed by atoms with Crippen molar-refractivity contribution in [3.8, 4) is 5.75 Å². The van der Waals surface area contributed by atoms with E-state index in [1.165, 1.54) is 11.0 Å². The number of benzene rings is 1. The number of para-hydroxylation sites is 1. The summed E-state index contributed by atoms with van der Waals surface area (Å²) in [6.07, 6.45) is 5.03. The van der Waals surface area contributed by atoms with Crippen LogP contribution in [0.2, 0.25) is 0 Å². The van der Waals surface area contributed by atoms with Crippen LogP contribution >= 0.6 is 0 Å². The third-order valence-electron chi connectivity index (χ3n) is 2.87. The van der Waals surface area contributed by atoms with E-state index in [0.29, 0.717) is 6.61 Å². The van der Waals surface area contributed by atoms with Crippen molar-refractivity contribution in [2.75, 3.05) is 14.1 Å². The van der Waals surface area contributed by atoms with Gasteiger partial charge in [0, 0.05) is 31.9 Å². The highest BCUT2D eigenvalue weighted by atomic mass is 16.5. The van der Waals surface area contributed by atoms with Crippen LogP contribution in [0.5, 0.6) is 5.75 Å². The first-order valence-electron chi connectivity index (χ1n) is 6.68. The van der Waals surface area contributed by atoms with Crippen molar-refractivity contribution in [3.63, 3.8) is 0 Å². The van der Waals surface area contributed by atoms with E-state index in [0.717, 1.165) is 17.0 Å². The van der Waals surface area contributed by atoms with E-state index in [9.17, 15) is 4.79 Å². The number of likely N-dealkylation sites (N-methyl/N-ethyl adjacent to an activating group) is 1. The van der Waals surface area contributed by atoms with Crippen LogP contribution in [0.3, 0.4) is 0 Å². The summed E-state index contributed by atoms with van der Waals surface area (Å²) in [6.45, 7) is 0.396. The molecule has 0 N–H and O–H groups in total. The topological polar surface area (TPSA) is 42.4 Å². The van der Waals surface area contributed by atoms with Gasteiger partial charge in [-0.05, 0) is 24.3 Å². The number of ether oxygens (including phenoxy) is 1. The molecule has 2 rings (SSSR count). The molecule has 0 radical (unpaired) electrons. The fraction of sp³-hybridized carbons (Fsp3) is 0.176. The zero-order valence-corrected chi connectivity index (χ0v) is 12.2. The molecular weight excluding hydrogens is 264 g/mol. The minimum absolute atomic E-state index is 0.0606. The van der Waals surface area contributed by atoms with Gasteiger partial charge in [0.1, 0.15) is 12.4 Å². The Labute approximate surface area is 124 Å². The first-order chi connectivity index (χ1) is 10.2. The maximum absolute atomic E-state index is 11.6. The lowest BCUT2D eigenvalue weighted by Gasteiger charge is -2.09. The van der Waals surface area contributed by atoms with Gasteiger partial charge in [-0.25, -0.2) is 0 Å². The zero-order chi connectivity index (χ0) is 15.1. The molecule has 0 fully saturated rings. The first kappa shape index (κ1) is 14.8. The number of carbonyl (C=O) groups excluding carboxylic acids is 1. The van der Waals surface area contributed by atoms with E-state index in [-0.39, 0.29) is 5.91 Å². The quantitative estimate of drug-likeness (QED) is 0.792. The minimum atomic E-state index is -0.0606. The molecule has 108 valence electrons. The zero-order valence-electron chi connectivity index (χ0n) is 12.2. The Kier molecular flexibility index (Phi) is 5.10. The molecular formula is C17H18N2O2. The first-order valence-corrected chi connectivity index (χ1v) is 6.68. The summed E-state index contributed by atoms with van der Waals surface area (Å²) >= 11 is 0. The SMILES string of the molecule is CN(C)C(=O)/C=C/c1ccccc1OCc1ccccn1. The molecule has 0 aliphatic heterocycles. The lowest BCUT2D eigenvalue weighted by Crippen LogP contribution is -2.18. The van der Waals surface area contributed by atoms with Crippen molar-refractivity contribution < 1.29 is 9.53 Å². The lowest BCUT2D eigenvalue weighted by molar-refractivity contribution is -0.123. The van der Waals surface area contributed by atoms with Crippen molar-refractivity contribution in [3.05, 3.63) is 66.0 Å². The van der Waals surface area contributed by atoms with E-state index in [1.54, 1.807) is 26.4 Å². The van der Waals surface area contributed by atoms with Gasteiger partial charge in [0.05, 0.1) is 5.69 Å². The molecule has 0 saturated carbocycles. The van der Waals surface area contributed by atoms with E-state index >= 15 is 0 Å². The Morgan fingerprint density at radius 1 is 1.19 bits per heavy atom. The summed E-state index contributed by atoms with van der Waals surface area (Å²) in [7, 11) is 3.44. The molecule has 21 heavy (non-hydrogen) atoms. The number of hydrogen-bond donors (Lipinski definition) is 0. The van der Waals surface area contributed by atoms with E-state index < -0.39 is 0 Å². The third kappa shape index (κ3) is 4.45. The predicted molar refractivity (Wildman–Crippen MR) is 82.7 cm³/mol. The molecule has 4 heteroatoms. The second-order valence-corrected chi connectivity index (χ2v) is 4.71. The maximum atomic E-state index is 11.6. The fourth-order valence-electron chi connectivity index (χ4n) is 1.70. The van der Waals surface area contributed by atoms with Crippen molar-refractivity contribution >= 4 is 12.0 Å². The number of amides is 1. The van der Waals surface area contributed by atoms with Crippen LogP contribution in [-0.4, -0.2) is 29.9 Å². The van der Waals surface area contributed by atoms with Gasteiger partial charge in [0.15, 0.2) is 0 Å². The Morgan fingerprint density at radius 3 is 2.67 bits per heavy atom. The lowest BCUT2D eigenvalue weighted by atomic mass is 10.2. The van der Waals surface area contributed by atoms with Gasteiger partial charge in [-0.15, -0.1) is 0 Å². The van der Waals surface area contributed by atoms with Crippen LogP contribution in [0, 0.1) is 0 Å². The molecule has 0 aliphatic rings. The Morgan fingerprint density at radius 2 is 1.95 bits per heavy atom. The monoisotopic (exact) mass is 282 g/mol. The largest absolute Gasteiger partial charge is 0.487 e. The highest BCUT2D eigenvalue weighted by Gasteiger charge is 2.03. The van der Waals surface area contributed by atoms with Gasteiger partial charge in [0.2, 0.25) is 5.91 Å². The summed E-state index contributed by atoms with van der Waals surface area (Å²) in [5.74, 6) is 0.667. The van der Waals surface area contributed by atoms with E-state index in [2.05, 4.69) is 4.98 Å². The van der Waals surface area contributed by atoms with E-state index in [1.807, 2.05) is 42.5 Å². The standard InChI is InChI=1S/C17H18N2O2/c1-19(2)17(20)11-10-14-7-3-4-9-16(14)21-13-15-8-5-6-12-18-15/h3-12H,13H2,1-2H3/b11-10+. The van der Waals surface area contributed by atoms with Gasteiger partial charge < -0.3 is 9.64 Å². The second-order valence-electron chi connectivity index (χ2n) is 4.71. The highest BCUT2D eigenvalue weighted by Crippen LogP contribution is 2.20. The van der Waals surface area contributed by atoms with Crippen LogP contribution in [-0.2, 0) is 11.4 Å². The molecule has 2 aromatic rings. The number of hydrogen-bond acceptors (Lipinski definition) is 3. The third-order valence-corrected chi connectivity index (χ3v) is 2.87. The van der Waals surface area contributed by atoms with Gasteiger partial charge >= 0.3 is 0 Å². The number of pyridine rings is 1. The molecule has 0 atom stereocenters. The second kappa shape index (κ2) is 7.24. The molecule has 0 aliphatic carbocycles. The summed E-state index contributed by atoms with van der Waals surface area (Å²) < 4.78 is 5.78. The Hall–Kier alpha value is -2.62. The molecule has 0 bridgehead atoms. The normalized spacial score (nSPS) is 10.6. The average Bonchev–Trinajstić information content (AvgIpc) is 2.52. The number of aromatic nitrogens is 1. The molecule has 0 unspecified atom stereocenters. The van der Waals surface area contributed by atoms with Crippen LogP contribution in [0.4, 0.5) is 0 Å². The van der Waals surface area contributed by atoms with Crippen LogP contribution in [0.1, 0.15) is 11.3 Å². The fourth-order valence-corrected chi connectivity index (χ4v) is 1.70. The summed E-state index contributed by atoms with van der Waals surface area (Å²) in [5, 5.41) is 0. The number of rotatable bonds is 5. The molecule has 4 nitrogen and oxygen atoms in total. The number of nitrogens with zero attached hydrogens (tertiary/aromatic N) is 2. The molecule has 1 amide bonds. The van der Waals surface area contributed by atoms with Gasteiger partial charge in [-0.1, -0.05) is 24.3 Å². The van der Waals surface area contributed by atoms with Crippen molar-refractivity contribution in [2.45, 2.75) is 6.61 Å². The summed E-state index contributed by atoms with van der Waals surface area (Å²) in [6, 6.07) is 13.3. The van der Waals surface area contributed by atoms with Crippen molar-refractivity contribution in [1.82, 2.24) is 9.88 Å². The number of carbonyl (C=O) groups is 1. The Bertz CT molecular complexity index is 622. The van der Waals surface area contributed by atoms with Gasteiger partial charge in [0.25, 0.3) is 0 Å². The molecule has 0 spiro atoms. The van der Waals surface area contributed by atoms with Crippen molar-refractivity contribution in [1.29, 1.82) is 0 Å². The smallest absolute Gasteiger partial charge is 0.246 e. The molecule has 1 aromatic heterocycles. The molecule has 1 aromatic carbocycles. The minimum Gasteiger partial charge on any atom is -0.487 e.